The number of sulfonamides is 1. The molecule has 0 saturated carbocycles. The van der Waals surface area contributed by atoms with Gasteiger partial charge in [0.05, 0.1) is 12.7 Å². The van der Waals surface area contributed by atoms with Crippen LogP contribution in [0.15, 0.2) is 11.2 Å². The maximum atomic E-state index is 12.0. The van der Waals surface area contributed by atoms with Gasteiger partial charge in [-0.05, 0) is 13.8 Å². The largest absolute Gasteiger partial charge is 0.352 e. The molecule has 0 aliphatic rings. The molecule has 0 spiro atoms. The number of H-pyrrole nitrogens is 1. The van der Waals surface area contributed by atoms with E-state index in [2.05, 4.69) is 14.7 Å². The highest BCUT2D eigenvalue weighted by atomic mass is 32.2. The number of aryl methyl sites for hydroxylation is 1. The fraction of sp³-hybridized carbons (Fsp3) is 0.727. The molecule has 1 rings (SSSR count). The maximum Gasteiger partial charge on any atom is 0.257 e. The summed E-state index contributed by atoms with van der Waals surface area (Å²) < 4.78 is 36.9. The Hall–Kier alpha value is -0.960. The minimum absolute atomic E-state index is 0.0519. The number of hydrogen-bond donors (Lipinski definition) is 2. The maximum absolute atomic E-state index is 12.0. The van der Waals surface area contributed by atoms with Crippen molar-refractivity contribution >= 4 is 10.0 Å². The van der Waals surface area contributed by atoms with Gasteiger partial charge in [-0.2, -0.15) is 0 Å². The van der Waals surface area contributed by atoms with Crippen molar-refractivity contribution in [2.75, 3.05) is 19.8 Å². The lowest BCUT2D eigenvalue weighted by Crippen LogP contribution is -2.35. The summed E-state index contributed by atoms with van der Waals surface area (Å²) in [5.41, 5.74) is 0. The lowest BCUT2D eigenvalue weighted by molar-refractivity contribution is -0.130. The molecule has 0 radical (unpaired) electrons. The molecule has 0 aromatic carbocycles. The van der Waals surface area contributed by atoms with Crippen LogP contribution >= 0.6 is 0 Å². The summed E-state index contributed by atoms with van der Waals surface area (Å²) in [7, 11) is -3.61. The van der Waals surface area contributed by atoms with Crippen LogP contribution in [0.1, 0.15) is 26.6 Å². The van der Waals surface area contributed by atoms with E-state index in [0.29, 0.717) is 25.5 Å². The third-order valence-corrected chi connectivity index (χ3v) is 3.71. The van der Waals surface area contributed by atoms with E-state index < -0.39 is 16.3 Å². The number of imidazole rings is 1. The van der Waals surface area contributed by atoms with Crippen LogP contribution in [0.4, 0.5) is 0 Å². The molecule has 0 bridgehead atoms. The van der Waals surface area contributed by atoms with Crippen molar-refractivity contribution in [1.29, 1.82) is 0 Å². The first-order chi connectivity index (χ1) is 9.03. The van der Waals surface area contributed by atoms with Crippen molar-refractivity contribution < 1.29 is 17.9 Å². The van der Waals surface area contributed by atoms with Gasteiger partial charge in [0, 0.05) is 19.6 Å². The number of nitrogens with one attached hydrogen (secondary N) is 2. The molecule has 1 aromatic rings. The second kappa shape index (κ2) is 7.59. The summed E-state index contributed by atoms with van der Waals surface area (Å²) in [6.45, 7) is 6.51. The average Bonchev–Trinajstić information content (AvgIpc) is 2.86. The second-order valence-electron chi connectivity index (χ2n) is 3.74. The Morgan fingerprint density at radius 3 is 2.42 bits per heavy atom. The van der Waals surface area contributed by atoms with Gasteiger partial charge in [0.15, 0.2) is 11.3 Å². The fourth-order valence-electron chi connectivity index (χ4n) is 1.45. The molecule has 1 aromatic heterocycles. The van der Waals surface area contributed by atoms with Gasteiger partial charge in [-0.3, -0.25) is 0 Å². The highest BCUT2D eigenvalue weighted by Gasteiger charge is 2.19. The number of aromatic amines is 1. The summed E-state index contributed by atoms with van der Waals surface area (Å²) in [4.78, 5) is 6.71. The van der Waals surface area contributed by atoms with E-state index in [1.807, 2.05) is 20.8 Å². The molecule has 0 saturated heterocycles. The van der Waals surface area contributed by atoms with Crippen molar-refractivity contribution in [3.8, 4) is 0 Å². The molecule has 0 atom stereocenters. The monoisotopic (exact) mass is 291 g/mol. The van der Waals surface area contributed by atoms with Crippen LogP contribution in [-0.4, -0.2) is 44.4 Å². The smallest absolute Gasteiger partial charge is 0.257 e. The topological polar surface area (TPSA) is 93.3 Å². The number of hydrogen-bond acceptors (Lipinski definition) is 5. The second-order valence-corrected chi connectivity index (χ2v) is 5.48. The Balaban J connectivity index is 2.63. The number of rotatable bonds is 9. The predicted molar refractivity (Wildman–Crippen MR) is 70.2 cm³/mol. The Labute approximate surface area is 113 Å². The quantitative estimate of drug-likeness (QED) is 0.652. The van der Waals surface area contributed by atoms with E-state index in [1.165, 1.54) is 6.20 Å². The Morgan fingerprint density at radius 1 is 1.32 bits per heavy atom. The van der Waals surface area contributed by atoms with Gasteiger partial charge < -0.3 is 14.5 Å². The molecule has 1 heterocycles. The molecule has 2 N–H and O–H groups in total. The standard InChI is InChI=1S/C11H21N3O4S/c1-4-9-12-7-10(14-9)19(15,16)13-8-11(17-5-2)18-6-3/h7,11,13H,4-6,8H2,1-3H3,(H,12,14). The zero-order chi connectivity index (χ0) is 14.3. The van der Waals surface area contributed by atoms with Crippen LogP contribution < -0.4 is 4.72 Å². The van der Waals surface area contributed by atoms with E-state index in [-0.39, 0.29) is 11.6 Å². The van der Waals surface area contributed by atoms with Crippen LogP contribution in [0.2, 0.25) is 0 Å². The molecule has 8 heteroatoms. The summed E-state index contributed by atoms with van der Waals surface area (Å²) in [5.74, 6) is 0.631. The normalized spacial score (nSPS) is 12.2. The first-order valence-corrected chi connectivity index (χ1v) is 7.78. The molecular weight excluding hydrogens is 270 g/mol. The van der Waals surface area contributed by atoms with Gasteiger partial charge in [-0.15, -0.1) is 0 Å². The van der Waals surface area contributed by atoms with E-state index in [4.69, 9.17) is 9.47 Å². The van der Waals surface area contributed by atoms with Crippen LogP contribution in [0.25, 0.3) is 0 Å². The SMILES string of the molecule is CCOC(CNS(=O)(=O)c1cnc(CC)[nH]1)OCC. The first kappa shape index (κ1) is 16.1. The summed E-state index contributed by atoms with van der Waals surface area (Å²) in [6.07, 6.45) is 1.37. The third kappa shape index (κ3) is 4.90. The average molecular weight is 291 g/mol. The Kier molecular flexibility index (Phi) is 6.43. The minimum atomic E-state index is -3.61. The summed E-state index contributed by atoms with van der Waals surface area (Å²) >= 11 is 0. The number of ether oxygens (including phenoxy) is 2. The van der Waals surface area contributed by atoms with E-state index in [1.54, 1.807) is 0 Å². The van der Waals surface area contributed by atoms with Crippen molar-refractivity contribution in [3.63, 3.8) is 0 Å². The van der Waals surface area contributed by atoms with Crippen molar-refractivity contribution in [2.45, 2.75) is 38.5 Å². The first-order valence-electron chi connectivity index (χ1n) is 6.30. The fourth-order valence-corrected chi connectivity index (χ4v) is 2.41. The van der Waals surface area contributed by atoms with E-state index in [9.17, 15) is 8.42 Å². The minimum Gasteiger partial charge on any atom is -0.352 e. The highest BCUT2D eigenvalue weighted by molar-refractivity contribution is 7.89. The van der Waals surface area contributed by atoms with Gasteiger partial charge in [0.2, 0.25) is 0 Å². The van der Waals surface area contributed by atoms with Gasteiger partial charge >= 0.3 is 0 Å². The summed E-state index contributed by atoms with van der Waals surface area (Å²) in [5, 5.41) is 0.0519. The zero-order valence-corrected chi connectivity index (χ0v) is 12.3. The third-order valence-electron chi connectivity index (χ3n) is 2.37. The van der Waals surface area contributed by atoms with Crippen LogP contribution in [0.3, 0.4) is 0 Å². The van der Waals surface area contributed by atoms with Gasteiger partial charge in [-0.25, -0.2) is 18.1 Å². The highest BCUT2D eigenvalue weighted by Crippen LogP contribution is 2.06. The van der Waals surface area contributed by atoms with Crippen LogP contribution in [0.5, 0.6) is 0 Å². The molecule has 0 aliphatic heterocycles. The molecule has 0 amide bonds. The predicted octanol–water partition coefficient (Wildman–Crippen LogP) is 0.649. The molecular formula is C11H21N3O4S. The summed E-state index contributed by atoms with van der Waals surface area (Å²) in [6, 6.07) is 0. The van der Waals surface area contributed by atoms with Crippen molar-refractivity contribution in [2.24, 2.45) is 0 Å². The number of aromatic nitrogens is 2. The van der Waals surface area contributed by atoms with Crippen LogP contribution in [0, 0.1) is 0 Å². The number of nitrogens with zero attached hydrogens (tertiary/aromatic N) is 1. The van der Waals surface area contributed by atoms with Crippen LogP contribution in [-0.2, 0) is 25.9 Å². The Bertz CT molecular complexity index is 466. The molecule has 0 aliphatic carbocycles. The van der Waals surface area contributed by atoms with Gasteiger partial charge in [0.1, 0.15) is 5.82 Å². The van der Waals surface area contributed by atoms with Gasteiger partial charge in [0.25, 0.3) is 10.0 Å². The lowest BCUT2D eigenvalue weighted by Gasteiger charge is -2.17. The van der Waals surface area contributed by atoms with Crippen molar-refractivity contribution in [3.05, 3.63) is 12.0 Å². The molecule has 19 heavy (non-hydrogen) atoms. The molecule has 110 valence electrons. The van der Waals surface area contributed by atoms with Crippen molar-refractivity contribution in [1.82, 2.24) is 14.7 Å². The van der Waals surface area contributed by atoms with Gasteiger partial charge in [-0.1, -0.05) is 6.92 Å². The molecule has 0 unspecified atom stereocenters. The zero-order valence-electron chi connectivity index (χ0n) is 11.5. The molecule has 7 nitrogen and oxygen atoms in total. The molecule has 0 fully saturated rings. The lowest BCUT2D eigenvalue weighted by atomic mass is 10.5. The Morgan fingerprint density at radius 2 is 1.95 bits per heavy atom. The van der Waals surface area contributed by atoms with E-state index >= 15 is 0 Å². The van der Waals surface area contributed by atoms with E-state index in [0.717, 1.165) is 0 Å².